The van der Waals surface area contributed by atoms with E-state index >= 15 is 0 Å². The predicted molar refractivity (Wildman–Crippen MR) is 79.4 cm³/mol. The molecule has 0 atom stereocenters. The molecule has 2 rings (SSSR count). The number of hydrogen-bond acceptors (Lipinski definition) is 3. The first kappa shape index (κ1) is 13.0. The molecule has 0 aliphatic carbocycles. The summed E-state index contributed by atoms with van der Waals surface area (Å²) >= 11 is 4.98. The summed E-state index contributed by atoms with van der Waals surface area (Å²) in [5.41, 5.74) is 1.06. The lowest BCUT2D eigenvalue weighted by Gasteiger charge is -2.09. The molecule has 0 unspecified atom stereocenters. The van der Waals surface area contributed by atoms with Crippen molar-refractivity contribution in [1.82, 2.24) is 0 Å². The van der Waals surface area contributed by atoms with Gasteiger partial charge in [-0.2, -0.15) is 0 Å². The average Bonchev–Trinajstić information content (AvgIpc) is 2.42. The predicted octanol–water partition coefficient (Wildman–Crippen LogP) is 2.77. The molecule has 2 aromatic rings. The van der Waals surface area contributed by atoms with Crippen LogP contribution in [0.1, 0.15) is 0 Å². The van der Waals surface area contributed by atoms with Gasteiger partial charge in [0.05, 0.1) is 5.69 Å². The topological polar surface area (TPSA) is 61.4 Å². The average molecular weight is 272 g/mol. The molecule has 1 amide bonds. The molecule has 0 radical (unpaired) electrons. The Balaban J connectivity index is 2.01. The number of nitrogens with one attached hydrogen (secondary N) is 2. The Kier molecular flexibility index (Phi) is 4.10. The van der Waals surface area contributed by atoms with Crippen molar-refractivity contribution < 1.29 is 9.90 Å². The van der Waals surface area contributed by atoms with Gasteiger partial charge in [0.15, 0.2) is 4.99 Å². The molecule has 0 heterocycles. The lowest BCUT2D eigenvalue weighted by Crippen LogP contribution is -2.27. The van der Waals surface area contributed by atoms with E-state index in [0.717, 1.165) is 0 Å². The summed E-state index contributed by atoms with van der Waals surface area (Å²) in [5, 5.41) is 14.9. The van der Waals surface area contributed by atoms with Crippen molar-refractivity contribution in [2.75, 3.05) is 10.6 Å². The summed E-state index contributed by atoms with van der Waals surface area (Å²) in [4.78, 5) is 11.8. The Morgan fingerprint density at radius 1 is 0.947 bits per heavy atom. The molecule has 5 heteroatoms. The van der Waals surface area contributed by atoms with Crippen molar-refractivity contribution in [2.45, 2.75) is 0 Å². The second kappa shape index (κ2) is 5.97. The number of benzene rings is 2. The van der Waals surface area contributed by atoms with Crippen LogP contribution in [0.3, 0.4) is 0 Å². The molecule has 3 N–H and O–H groups in total. The fourth-order valence-corrected chi connectivity index (χ4v) is 1.63. The van der Waals surface area contributed by atoms with Gasteiger partial charge >= 0.3 is 0 Å². The third-order valence-electron chi connectivity index (χ3n) is 2.39. The summed E-state index contributed by atoms with van der Waals surface area (Å²) in [5.74, 6) is -0.387. The van der Waals surface area contributed by atoms with E-state index in [1.807, 2.05) is 18.2 Å². The van der Waals surface area contributed by atoms with Gasteiger partial charge in [0, 0.05) is 5.69 Å². The van der Waals surface area contributed by atoms with Crippen LogP contribution in [-0.2, 0) is 4.79 Å². The van der Waals surface area contributed by atoms with Crippen LogP contribution in [0.5, 0.6) is 5.75 Å². The van der Waals surface area contributed by atoms with Crippen molar-refractivity contribution in [3.05, 3.63) is 54.6 Å². The molecular formula is C14H12N2O2S. The molecule has 0 saturated carbocycles. The number of para-hydroxylation sites is 3. The zero-order chi connectivity index (χ0) is 13.7. The second-order valence-corrected chi connectivity index (χ2v) is 4.20. The molecule has 0 aliphatic rings. The standard InChI is InChI=1S/C14H12N2O2S/c17-12-9-5-4-8-11(12)16-14(19)13(18)15-10-6-2-1-3-7-10/h1-9,17H,(H,15,18)(H,16,19). The SMILES string of the molecule is O=C(Nc1ccccc1)C(=S)Nc1ccccc1O. The molecule has 19 heavy (non-hydrogen) atoms. The lowest BCUT2D eigenvalue weighted by atomic mass is 10.3. The second-order valence-electron chi connectivity index (χ2n) is 3.79. The number of aromatic hydroxyl groups is 1. The number of anilines is 2. The Hall–Kier alpha value is -2.40. The van der Waals surface area contributed by atoms with Crippen molar-refractivity contribution in [3.8, 4) is 5.75 Å². The molecule has 0 bridgehead atoms. The van der Waals surface area contributed by atoms with E-state index in [-0.39, 0.29) is 10.7 Å². The zero-order valence-electron chi connectivity index (χ0n) is 9.96. The van der Waals surface area contributed by atoms with Crippen molar-refractivity contribution in [2.24, 2.45) is 0 Å². The van der Waals surface area contributed by atoms with Gasteiger partial charge in [0.1, 0.15) is 5.75 Å². The minimum Gasteiger partial charge on any atom is -0.506 e. The molecular weight excluding hydrogens is 260 g/mol. The van der Waals surface area contributed by atoms with E-state index in [1.54, 1.807) is 30.3 Å². The third-order valence-corrected chi connectivity index (χ3v) is 2.68. The molecule has 0 aromatic heterocycles. The Labute approximate surface area is 116 Å². The van der Waals surface area contributed by atoms with Gasteiger partial charge in [0.25, 0.3) is 5.91 Å². The van der Waals surface area contributed by atoms with Crippen LogP contribution in [0.15, 0.2) is 54.6 Å². The largest absolute Gasteiger partial charge is 0.506 e. The van der Waals surface area contributed by atoms with Gasteiger partial charge in [-0.05, 0) is 24.3 Å². The number of carbonyl (C=O) groups excluding carboxylic acids is 1. The maximum absolute atomic E-state index is 11.8. The van der Waals surface area contributed by atoms with Gasteiger partial charge in [-0.3, -0.25) is 4.79 Å². The first-order valence-corrected chi connectivity index (χ1v) is 6.03. The number of amides is 1. The number of thiocarbonyl (C=S) groups is 1. The van der Waals surface area contributed by atoms with Gasteiger partial charge in [-0.25, -0.2) is 0 Å². The first-order chi connectivity index (χ1) is 9.16. The van der Waals surface area contributed by atoms with E-state index in [1.165, 1.54) is 6.07 Å². The highest BCUT2D eigenvalue weighted by atomic mass is 32.1. The van der Waals surface area contributed by atoms with Crippen LogP contribution < -0.4 is 10.6 Å². The molecule has 0 aliphatic heterocycles. The van der Waals surface area contributed by atoms with E-state index < -0.39 is 5.91 Å². The molecule has 0 spiro atoms. The third kappa shape index (κ3) is 3.53. The van der Waals surface area contributed by atoms with Gasteiger partial charge in [-0.15, -0.1) is 0 Å². The molecule has 96 valence electrons. The highest BCUT2D eigenvalue weighted by molar-refractivity contribution is 7.82. The first-order valence-electron chi connectivity index (χ1n) is 5.62. The van der Waals surface area contributed by atoms with E-state index in [2.05, 4.69) is 10.6 Å². The normalized spacial score (nSPS) is 9.68. The van der Waals surface area contributed by atoms with Gasteiger partial charge in [0.2, 0.25) is 0 Å². The van der Waals surface area contributed by atoms with Gasteiger partial charge < -0.3 is 15.7 Å². The molecule has 0 saturated heterocycles. The fraction of sp³-hybridized carbons (Fsp3) is 0. The van der Waals surface area contributed by atoms with Crippen molar-refractivity contribution in [1.29, 1.82) is 0 Å². The molecule has 2 aromatic carbocycles. The highest BCUT2D eigenvalue weighted by Crippen LogP contribution is 2.21. The summed E-state index contributed by atoms with van der Waals surface area (Å²) in [6, 6.07) is 15.6. The summed E-state index contributed by atoms with van der Waals surface area (Å²) in [6.07, 6.45) is 0. The summed E-state index contributed by atoms with van der Waals surface area (Å²) < 4.78 is 0. The van der Waals surface area contributed by atoms with Crippen LogP contribution in [0.4, 0.5) is 11.4 Å². The van der Waals surface area contributed by atoms with E-state index in [4.69, 9.17) is 12.2 Å². The number of rotatable bonds is 2. The number of phenolic OH excluding ortho intramolecular Hbond substituents is 1. The fourth-order valence-electron chi connectivity index (χ4n) is 1.47. The molecule has 0 fully saturated rings. The monoisotopic (exact) mass is 272 g/mol. The van der Waals surface area contributed by atoms with E-state index in [0.29, 0.717) is 11.4 Å². The molecule has 4 nitrogen and oxygen atoms in total. The van der Waals surface area contributed by atoms with Crippen LogP contribution in [0.2, 0.25) is 0 Å². The van der Waals surface area contributed by atoms with Crippen LogP contribution >= 0.6 is 12.2 Å². The maximum atomic E-state index is 11.8. The number of hydrogen-bond donors (Lipinski definition) is 3. The van der Waals surface area contributed by atoms with Crippen LogP contribution in [-0.4, -0.2) is 16.0 Å². The zero-order valence-corrected chi connectivity index (χ0v) is 10.8. The number of phenols is 1. The lowest BCUT2D eigenvalue weighted by molar-refractivity contribution is -0.110. The minimum absolute atomic E-state index is 0.00893. The smallest absolute Gasteiger partial charge is 0.283 e. The minimum atomic E-state index is -0.426. The Bertz CT molecular complexity index is 599. The van der Waals surface area contributed by atoms with Crippen LogP contribution in [0.25, 0.3) is 0 Å². The highest BCUT2D eigenvalue weighted by Gasteiger charge is 2.11. The number of carbonyl (C=O) groups is 1. The Morgan fingerprint density at radius 3 is 2.26 bits per heavy atom. The summed E-state index contributed by atoms with van der Waals surface area (Å²) in [7, 11) is 0. The van der Waals surface area contributed by atoms with Gasteiger partial charge in [-0.1, -0.05) is 42.5 Å². The maximum Gasteiger partial charge on any atom is 0.283 e. The van der Waals surface area contributed by atoms with Crippen LogP contribution in [0, 0.1) is 0 Å². The summed E-state index contributed by atoms with van der Waals surface area (Å²) in [6.45, 7) is 0. The Morgan fingerprint density at radius 2 is 1.58 bits per heavy atom. The van der Waals surface area contributed by atoms with Crippen molar-refractivity contribution in [3.63, 3.8) is 0 Å². The van der Waals surface area contributed by atoms with Crippen molar-refractivity contribution >= 4 is 34.5 Å². The quantitative estimate of drug-likeness (QED) is 0.581. The van der Waals surface area contributed by atoms with E-state index in [9.17, 15) is 9.90 Å².